The van der Waals surface area contributed by atoms with Gasteiger partial charge in [0.25, 0.3) is 0 Å². The monoisotopic (exact) mass is 297 g/mol. The molecule has 1 aliphatic rings. The van der Waals surface area contributed by atoms with Gasteiger partial charge in [0.15, 0.2) is 11.6 Å². The zero-order valence-corrected chi connectivity index (χ0v) is 12.0. The topological polar surface area (TPSA) is 89.6 Å². The quantitative estimate of drug-likeness (QED) is 0.724. The largest absolute Gasteiger partial charge is 0.507 e. The first-order valence-corrected chi connectivity index (χ1v) is 7.00. The number of hydrogen-bond acceptors (Lipinski definition) is 5. The smallest absolute Gasteiger partial charge is 0.198 e. The molecule has 0 saturated carbocycles. The van der Waals surface area contributed by atoms with Crippen molar-refractivity contribution in [2.45, 2.75) is 19.6 Å². The van der Waals surface area contributed by atoms with Crippen molar-refractivity contribution in [2.75, 3.05) is 0 Å². The summed E-state index contributed by atoms with van der Waals surface area (Å²) >= 11 is 0. The predicted molar refractivity (Wildman–Crippen MR) is 80.3 cm³/mol. The minimum atomic E-state index is -0.542. The highest BCUT2D eigenvalue weighted by Crippen LogP contribution is 2.36. The second-order valence-electron chi connectivity index (χ2n) is 5.13. The number of phenolic OH excluding ortho intramolecular Hbond substituents is 1. The molecule has 1 unspecified atom stereocenters. The summed E-state index contributed by atoms with van der Waals surface area (Å²) in [6.07, 6.45) is 0.0345. The summed E-state index contributed by atoms with van der Waals surface area (Å²) in [6, 6.07) is 9.33. The molecule has 0 fully saturated rings. The first kappa shape index (κ1) is 14.3. The van der Waals surface area contributed by atoms with Crippen LogP contribution in [0, 0.1) is 0 Å². The van der Waals surface area contributed by atoms with E-state index in [4.69, 9.17) is 10.5 Å². The lowest BCUT2D eigenvalue weighted by atomic mass is 9.83. The van der Waals surface area contributed by atoms with Crippen molar-refractivity contribution >= 4 is 11.6 Å². The second kappa shape index (κ2) is 5.27. The third-order valence-electron chi connectivity index (χ3n) is 3.67. The first-order valence-electron chi connectivity index (χ1n) is 7.00. The van der Waals surface area contributed by atoms with E-state index in [0.29, 0.717) is 17.5 Å². The number of carbonyl (C=O) groups is 2. The summed E-state index contributed by atoms with van der Waals surface area (Å²) in [5.74, 6) is -0.681. The van der Waals surface area contributed by atoms with Crippen LogP contribution in [0.25, 0.3) is 0 Å². The van der Waals surface area contributed by atoms with Gasteiger partial charge >= 0.3 is 0 Å². The summed E-state index contributed by atoms with van der Waals surface area (Å²) in [5, 5.41) is 10.1. The zero-order chi connectivity index (χ0) is 15.9. The Morgan fingerprint density at radius 1 is 1.09 bits per heavy atom. The van der Waals surface area contributed by atoms with E-state index >= 15 is 0 Å². The fourth-order valence-electron chi connectivity index (χ4n) is 2.50. The van der Waals surface area contributed by atoms with Gasteiger partial charge in [0.05, 0.1) is 5.56 Å². The molecule has 2 aromatic rings. The number of phenols is 1. The van der Waals surface area contributed by atoms with Gasteiger partial charge in [-0.15, -0.1) is 0 Å². The number of fused-ring (bicyclic) bond motifs is 2. The maximum atomic E-state index is 12.6. The summed E-state index contributed by atoms with van der Waals surface area (Å²) in [5.41, 5.74) is 6.50. The number of ketones is 2. The number of aromatic hydroxyl groups is 1. The fourth-order valence-corrected chi connectivity index (χ4v) is 2.50. The molecule has 0 amide bonds. The van der Waals surface area contributed by atoms with Crippen molar-refractivity contribution in [1.29, 1.82) is 0 Å². The summed E-state index contributed by atoms with van der Waals surface area (Å²) in [4.78, 5) is 25.0. The van der Waals surface area contributed by atoms with Crippen LogP contribution in [-0.2, 0) is 0 Å². The molecule has 1 aliphatic carbocycles. The van der Waals surface area contributed by atoms with Gasteiger partial charge in [-0.1, -0.05) is 31.2 Å². The molecule has 3 rings (SSSR count). The Morgan fingerprint density at radius 3 is 2.36 bits per heavy atom. The lowest BCUT2D eigenvalue weighted by Crippen LogP contribution is -2.26. The number of ether oxygens (including phenoxy) is 1. The Morgan fingerprint density at radius 2 is 1.73 bits per heavy atom. The molecular formula is C17H15NO4. The average Bonchev–Trinajstić information content (AvgIpc) is 2.52. The van der Waals surface area contributed by atoms with Gasteiger partial charge in [-0.25, -0.2) is 0 Å². The number of rotatable bonds is 3. The molecule has 0 heterocycles. The Labute approximate surface area is 127 Å². The van der Waals surface area contributed by atoms with Gasteiger partial charge in [0.1, 0.15) is 17.7 Å². The highest BCUT2D eigenvalue weighted by atomic mass is 16.5. The average molecular weight is 297 g/mol. The molecule has 0 bridgehead atoms. The predicted octanol–water partition coefficient (Wildman–Crippen LogP) is 2.24. The molecule has 0 aliphatic heterocycles. The van der Waals surface area contributed by atoms with Gasteiger partial charge in [0, 0.05) is 22.8 Å². The Bertz CT molecular complexity index is 782. The molecule has 0 aromatic heterocycles. The normalized spacial score (nSPS) is 14.3. The van der Waals surface area contributed by atoms with Crippen LogP contribution in [0.3, 0.4) is 0 Å². The SMILES string of the molecule is CCC(N)Oc1cc(O)c2c(c1)C(=O)c1ccccc1C2=O. The van der Waals surface area contributed by atoms with E-state index in [1.54, 1.807) is 24.3 Å². The van der Waals surface area contributed by atoms with Crippen molar-refractivity contribution in [1.82, 2.24) is 0 Å². The van der Waals surface area contributed by atoms with Crippen LogP contribution in [-0.4, -0.2) is 22.9 Å². The van der Waals surface area contributed by atoms with Crippen molar-refractivity contribution < 1.29 is 19.4 Å². The Hall–Kier alpha value is -2.66. The molecule has 5 nitrogen and oxygen atoms in total. The first-order chi connectivity index (χ1) is 10.5. The van der Waals surface area contributed by atoms with E-state index in [-0.39, 0.29) is 34.2 Å². The molecule has 22 heavy (non-hydrogen) atoms. The van der Waals surface area contributed by atoms with E-state index in [0.717, 1.165) is 0 Å². The number of benzene rings is 2. The highest BCUT2D eigenvalue weighted by molar-refractivity contribution is 6.29. The third kappa shape index (κ3) is 2.16. The lowest BCUT2D eigenvalue weighted by Gasteiger charge is -2.20. The van der Waals surface area contributed by atoms with Gasteiger partial charge in [-0.2, -0.15) is 0 Å². The van der Waals surface area contributed by atoms with Crippen LogP contribution < -0.4 is 10.5 Å². The van der Waals surface area contributed by atoms with Crippen molar-refractivity contribution in [3.63, 3.8) is 0 Å². The van der Waals surface area contributed by atoms with Gasteiger partial charge in [-0.05, 0) is 12.5 Å². The molecule has 0 radical (unpaired) electrons. The maximum absolute atomic E-state index is 12.6. The van der Waals surface area contributed by atoms with E-state index in [1.165, 1.54) is 12.1 Å². The second-order valence-corrected chi connectivity index (χ2v) is 5.13. The van der Waals surface area contributed by atoms with E-state index in [2.05, 4.69) is 0 Å². The molecule has 5 heteroatoms. The van der Waals surface area contributed by atoms with Gasteiger partial charge in [0.2, 0.25) is 0 Å². The minimum Gasteiger partial charge on any atom is -0.507 e. The standard InChI is InChI=1S/C17H15NO4/c1-2-14(18)22-9-7-12-15(13(19)8-9)17(21)11-6-4-3-5-10(11)16(12)20/h3-8,14,19H,2,18H2,1H3. The molecule has 112 valence electrons. The molecule has 0 saturated heterocycles. The Balaban J connectivity index is 2.14. The molecular weight excluding hydrogens is 282 g/mol. The fraction of sp³-hybridized carbons (Fsp3) is 0.176. The summed E-state index contributed by atoms with van der Waals surface area (Å²) < 4.78 is 5.44. The molecule has 1 atom stereocenters. The van der Waals surface area contributed by atoms with Crippen LogP contribution in [0.2, 0.25) is 0 Å². The van der Waals surface area contributed by atoms with Crippen LogP contribution in [0.5, 0.6) is 11.5 Å². The summed E-state index contributed by atoms with van der Waals surface area (Å²) in [7, 11) is 0. The third-order valence-corrected chi connectivity index (χ3v) is 3.67. The van der Waals surface area contributed by atoms with E-state index < -0.39 is 6.23 Å². The number of nitrogens with two attached hydrogens (primary N) is 1. The van der Waals surface area contributed by atoms with Gasteiger partial charge in [-0.3, -0.25) is 15.3 Å². The minimum absolute atomic E-state index is 0.0149. The zero-order valence-electron chi connectivity index (χ0n) is 12.0. The van der Waals surface area contributed by atoms with Crippen LogP contribution in [0.1, 0.15) is 45.2 Å². The number of carbonyl (C=O) groups excluding carboxylic acids is 2. The van der Waals surface area contributed by atoms with E-state index in [9.17, 15) is 14.7 Å². The van der Waals surface area contributed by atoms with E-state index in [1.807, 2.05) is 6.92 Å². The summed E-state index contributed by atoms with van der Waals surface area (Å²) in [6.45, 7) is 1.86. The number of hydrogen-bond donors (Lipinski definition) is 2. The van der Waals surface area contributed by atoms with Crippen LogP contribution in [0.4, 0.5) is 0 Å². The lowest BCUT2D eigenvalue weighted by molar-refractivity contribution is 0.0976. The van der Waals surface area contributed by atoms with Crippen molar-refractivity contribution in [2.24, 2.45) is 5.73 Å². The van der Waals surface area contributed by atoms with Crippen LogP contribution in [0.15, 0.2) is 36.4 Å². The Kier molecular flexibility index (Phi) is 3.42. The van der Waals surface area contributed by atoms with Crippen molar-refractivity contribution in [3.05, 3.63) is 58.7 Å². The highest BCUT2D eigenvalue weighted by Gasteiger charge is 2.32. The molecule has 3 N–H and O–H groups in total. The molecule has 2 aromatic carbocycles. The molecule has 0 spiro atoms. The van der Waals surface area contributed by atoms with Crippen molar-refractivity contribution in [3.8, 4) is 11.5 Å². The van der Waals surface area contributed by atoms with Crippen LogP contribution >= 0.6 is 0 Å². The van der Waals surface area contributed by atoms with Gasteiger partial charge < -0.3 is 9.84 Å². The maximum Gasteiger partial charge on any atom is 0.198 e.